The zero-order valence-electron chi connectivity index (χ0n) is 13.8. The maximum absolute atomic E-state index is 12.2. The molecule has 2 aromatic carbocycles. The first-order valence-electron chi connectivity index (χ1n) is 8.17. The summed E-state index contributed by atoms with van der Waals surface area (Å²) in [5, 5.41) is 16.0. The summed E-state index contributed by atoms with van der Waals surface area (Å²) in [4.78, 5) is 12.2. The van der Waals surface area contributed by atoms with E-state index in [4.69, 9.17) is 0 Å². The van der Waals surface area contributed by atoms with Crippen LogP contribution in [0.4, 0.5) is 0 Å². The molecule has 0 saturated heterocycles. The molecular formula is C19H24N2O2. The minimum absolute atomic E-state index is 0.0306. The van der Waals surface area contributed by atoms with Gasteiger partial charge in [-0.3, -0.25) is 4.79 Å². The molecule has 2 aromatic rings. The van der Waals surface area contributed by atoms with Gasteiger partial charge in [0.1, 0.15) is 5.75 Å². The molecule has 0 spiro atoms. The lowest BCUT2D eigenvalue weighted by Gasteiger charge is -2.07. The molecule has 0 aliphatic rings. The second-order valence-corrected chi connectivity index (χ2v) is 5.82. The first kappa shape index (κ1) is 17.0. The van der Waals surface area contributed by atoms with Crippen molar-refractivity contribution in [2.45, 2.75) is 46.0 Å². The van der Waals surface area contributed by atoms with Crippen LogP contribution < -0.4 is 5.43 Å². The van der Waals surface area contributed by atoms with E-state index < -0.39 is 0 Å². The number of carbonyl (C=O) groups is 1. The van der Waals surface area contributed by atoms with Gasteiger partial charge in [0, 0.05) is 5.71 Å². The highest BCUT2D eigenvalue weighted by Gasteiger charge is 2.11. The van der Waals surface area contributed by atoms with Crippen molar-refractivity contribution in [1.82, 2.24) is 5.43 Å². The van der Waals surface area contributed by atoms with Crippen molar-refractivity contribution in [2.75, 3.05) is 0 Å². The molecule has 0 bridgehead atoms. The van der Waals surface area contributed by atoms with Crippen LogP contribution in [0.5, 0.6) is 5.75 Å². The van der Waals surface area contributed by atoms with Crippen molar-refractivity contribution < 1.29 is 9.90 Å². The minimum atomic E-state index is -0.388. The number of benzene rings is 2. The van der Waals surface area contributed by atoms with Crippen LogP contribution in [0.2, 0.25) is 0 Å². The minimum Gasteiger partial charge on any atom is -0.507 e. The van der Waals surface area contributed by atoms with E-state index in [0.717, 1.165) is 29.3 Å². The summed E-state index contributed by atoms with van der Waals surface area (Å²) in [5.41, 5.74) is 3.67. The number of phenolic OH excluding ortho intramolecular Hbond substituents is 1. The number of carbonyl (C=O) groups excluding carboxylic acids is 1. The van der Waals surface area contributed by atoms with Crippen LogP contribution in [0.15, 0.2) is 41.5 Å². The van der Waals surface area contributed by atoms with Gasteiger partial charge in [-0.2, -0.15) is 5.10 Å². The summed E-state index contributed by atoms with van der Waals surface area (Å²) in [5.74, 6) is -0.418. The molecule has 0 atom stereocenters. The standard InChI is InChI=1S/C19H24N2O2/c1-3-4-5-6-9-14(2)20-21-19(23)17-12-15-10-7-8-11-16(15)13-18(17)22/h7-8,10-13,22H,3-6,9H2,1-2H3,(H,21,23). The maximum Gasteiger partial charge on any atom is 0.275 e. The van der Waals surface area contributed by atoms with E-state index in [2.05, 4.69) is 17.5 Å². The molecule has 23 heavy (non-hydrogen) atoms. The average molecular weight is 312 g/mol. The lowest BCUT2D eigenvalue weighted by atomic mass is 10.1. The summed E-state index contributed by atoms with van der Waals surface area (Å²) in [7, 11) is 0. The van der Waals surface area contributed by atoms with E-state index >= 15 is 0 Å². The van der Waals surface area contributed by atoms with Crippen LogP contribution in [0, 0.1) is 0 Å². The van der Waals surface area contributed by atoms with Crippen molar-refractivity contribution in [3.8, 4) is 5.75 Å². The smallest absolute Gasteiger partial charge is 0.275 e. The predicted octanol–water partition coefficient (Wildman–Crippen LogP) is 4.62. The number of amides is 1. The largest absolute Gasteiger partial charge is 0.507 e. The first-order valence-corrected chi connectivity index (χ1v) is 8.17. The molecule has 4 heteroatoms. The van der Waals surface area contributed by atoms with Crippen LogP contribution in [0.25, 0.3) is 10.8 Å². The number of hydrogen-bond acceptors (Lipinski definition) is 3. The van der Waals surface area contributed by atoms with Crippen LogP contribution in [-0.4, -0.2) is 16.7 Å². The van der Waals surface area contributed by atoms with Gasteiger partial charge in [-0.25, -0.2) is 5.43 Å². The fraction of sp³-hybridized carbons (Fsp3) is 0.368. The molecule has 1 amide bonds. The normalized spacial score (nSPS) is 11.7. The molecule has 0 aromatic heterocycles. The third kappa shape index (κ3) is 4.81. The van der Waals surface area contributed by atoms with Gasteiger partial charge in [-0.05, 0) is 42.7 Å². The van der Waals surface area contributed by atoms with Crippen molar-refractivity contribution in [3.63, 3.8) is 0 Å². The summed E-state index contributed by atoms with van der Waals surface area (Å²) >= 11 is 0. The first-order chi connectivity index (χ1) is 11.1. The van der Waals surface area contributed by atoms with E-state index in [1.54, 1.807) is 12.1 Å². The summed E-state index contributed by atoms with van der Waals surface area (Å²) in [6, 6.07) is 10.9. The van der Waals surface area contributed by atoms with Crippen molar-refractivity contribution >= 4 is 22.4 Å². The van der Waals surface area contributed by atoms with Crippen LogP contribution in [0.1, 0.15) is 56.3 Å². The molecule has 2 N–H and O–H groups in total. The van der Waals surface area contributed by atoms with Crippen LogP contribution in [-0.2, 0) is 0 Å². The number of nitrogens with one attached hydrogen (secondary N) is 1. The van der Waals surface area contributed by atoms with Gasteiger partial charge < -0.3 is 5.11 Å². The number of hydrogen-bond donors (Lipinski definition) is 2. The monoisotopic (exact) mass is 312 g/mol. The quantitative estimate of drug-likeness (QED) is 0.445. The average Bonchev–Trinajstić information content (AvgIpc) is 2.56. The number of unbranched alkanes of at least 4 members (excludes halogenated alkanes) is 3. The van der Waals surface area contributed by atoms with Gasteiger partial charge in [-0.15, -0.1) is 0 Å². The molecule has 0 saturated carbocycles. The van der Waals surface area contributed by atoms with Crippen molar-refractivity contribution in [1.29, 1.82) is 0 Å². The molecule has 0 radical (unpaired) electrons. The topological polar surface area (TPSA) is 61.7 Å². The van der Waals surface area contributed by atoms with E-state index in [9.17, 15) is 9.90 Å². The lowest BCUT2D eigenvalue weighted by molar-refractivity contribution is 0.0952. The number of phenols is 1. The lowest BCUT2D eigenvalue weighted by Crippen LogP contribution is -2.19. The zero-order valence-corrected chi connectivity index (χ0v) is 13.8. The fourth-order valence-electron chi connectivity index (χ4n) is 2.48. The Bertz CT molecular complexity index is 708. The predicted molar refractivity (Wildman–Crippen MR) is 94.9 cm³/mol. The molecular weight excluding hydrogens is 288 g/mol. The van der Waals surface area contributed by atoms with Crippen LogP contribution >= 0.6 is 0 Å². The molecule has 0 unspecified atom stereocenters. The Morgan fingerprint density at radius 2 is 1.83 bits per heavy atom. The second kappa shape index (κ2) is 8.32. The van der Waals surface area contributed by atoms with Gasteiger partial charge in [0.2, 0.25) is 0 Å². The highest BCUT2D eigenvalue weighted by atomic mass is 16.3. The summed E-state index contributed by atoms with van der Waals surface area (Å²) in [6.45, 7) is 4.09. The van der Waals surface area contributed by atoms with Gasteiger partial charge >= 0.3 is 0 Å². The Kier molecular flexibility index (Phi) is 6.15. The molecule has 4 nitrogen and oxygen atoms in total. The Balaban J connectivity index is 2.01. The number of rotatable bonds is 7. The SMILES string of the molecule is CCCCCCC(C)=NNC(=O)c1cc2ccccc2cc1O. The third-order valence-electron chi connectivity index (χ3n) is 3.85. The van der Waals surface area contributed by atoms with Gasteiger partial charge in [0.25, 0.3) is 5.91 Å². The maximum atomic E-state index is 12.2. The summed E-state index contributed by atoms with van der Waals surface area (Å²) in [6.07, 6.45) is 5.58. The Morgan fingerprint density at radius 1 is 1.13 bits per heavy atom. The van der Waals surface area contributed by atoms with Gasteiger partial charge in [0.05, 0.1) is 5.56 Å². The molecule has 0 fully saturated rings. The van der Waals surface area contributed by atoms with E-state index in [1.165, 1.54) is 19.3 Å². The van der Waals surface area contributed by atoms with Gasteiger partial charge in [0.15, 0.2) is 0 Å². The molecule has 0 heterocycles. The zero-order chi connectivity index (χ0) is 16.7. The molecule has 122 valence electrons. The highest BCUT2D eigenvalue weighted by molar-refractivity contribution is 6.01. The fourth-order valence-corrected chi connectivity index (χ4v) is 2.48. The van der Waals surface area contributed by atoms with Gasteiger partial charge in [-0.1, -0.05) is 50.5 Å². The van der Waals surface area contributed by atoms with Crippen molar-refractivity contribution in [2.24, 2.45) is 5.10 Å². The highest BCUT2D eigenvalue weighted by Crippen LogP contribution is 2.24. The Hall–Kier alpha value is -2.36. The number of fused-ring (bicyclic) bond motifs is 1. The Morgan fingerprint density at radius 3 is 2.52 bits per heavy atom. The van der Waals surface area contributed by atoms with E-state index in [-0.39, 0.29) is 17.2 Å². The second-order valence-electron chi connectivity index (χ2n) is 5.82. The van der Waals surface area contributed by atoms with Crippen LogP contribution in [0.3, 0.4) is 0 Å². The van der Waals surface area contributed by atoms with E-state index in [1.807, 2.05) is 31.2 Å². The Labute approximate surface area is 137 Å². The third-order valence-corrected chi connectivity index (χ3v) is 3.85. The number of nitrogens with zero attached hydrogens (tertiary/aromatic N) is 1. The molecule has 0 aliphatic carbocycles. The molecule has 0 aliphatic heterocycles. The molecule has 2 rings (SSSR count). The summed E-state index contributed by atoms with van der Waals surface area (Å²) < 4.78 is 0. The number of aromatic hydroxyl groups is 1. The van der Waals surface area contributed by atoms with E-state index in [0.29, 0.717) is 0 Å². The number of hydrazone groups is 1. The van der Waals surface area contributed by atoms with Crippen molar-refractivity contribution in [3.05, 3.63) is 42.0 Å².